The number of piperidine rings is 1. The quantitative estimate of drug-likeness (QED) is 0.494. The highest BCUT2D eigenvalue weighted by Crippen LogP contribution is 2.08. The highest BCUT2D eigenvalue weighted by molar-refractivity contribution is 5.80. The van der Waals surface area contributed by atoms with E-state index >= 15 is 0 Å². The van der Waals surface area contributed by atoms with Gasteiger partial charge in [-0.2, -0.15) is 0 Å². The molecule has 1 aromatic rings. The first-order valence-electron chi connectivity index (χ1n) is 7.52. The fraction of sp³-hybridized carbons (Fsp3) is 0.500. The normalized spacial score (nSPS) is 15.8. The number of amides is 1. The van der Waals surface area contributed by atoms with E-state index in [1.54, 1.807) is 0 Å². The van der Waals surface area contributed by atoms with Crippen molar-refractivity contribution in [3.8, 4) is 0 Å². The number of aryl methyl sites for hydroxylation is 1. The van der Waals surface area contributed by atoms with Gasteiger partial charge in [-0.25, -0.2) is 0 Å². The Hall–Kier alpha value is -2.04. The molecule has 0 radical (unpaired) electrons. The van der Waals surface area contributed by atoms with E-state index in [-0.39, 0.29) is 12.5 Å². The van der Waals surface area contributed by atoms with Crippen LogP contribution in [-0.2, 0) is 16.1 Å². The lowest BCUT2D eigenvalue weighted by atomic mass is 10.1. The molecule has 1 fully saturated rings. The fourth-order valence-electron chi connectivity index (χ4n) is 2.37. The summed E-state index contributed by atoms with van der Waals surface area (Å²) in [5.74, 6) is 0.416. The van der Waals surface area contributed by atoms with E-state index in [9.17, 15) is 4.79 Å². The lowest BCUT2D eigenvalue weighted by Gasteiger charge is -2.25. The van der Waals surface area contributed by atoms with Crippen LogP contribution in [0.1, 0.15) is 31.2 Å². The first-order chi connectivity index (χ1) is 10.3. The molecular weight excluding hydrogens is 266 g/mol. The minimum atomic E-state index is -0.0218. The number of nitrogens with two attached hydrogens (primary N) is 1. The molecule has 0 saturated carbocycles. The molecule has 21 heavy (non-hydrogen) atoms. The van der Waals surface area contributed by atoms with Crippen LogP contribution in [0, 0.1) is 0 Å². The van der Waals surface area contributed by atoms with Crippen molar-refractivity contribution in [1.82, 2.24) is 4.90 Å². The van der Waals surface area contributed by atoms with Gasteiger partial charge in [-0.15, -0.1) is 0 Å². The second-order valence-corrected chi connectivity index (χ2v) is 5.28. The summed E-state index contributed by atoms with van der Waals surface area (Å²) in [4.78, 5) is 18.8. The maximum atomic E-state index is 11.8. The Bertz CT molecular complexity index is 468. The molecule has 0 spiro atoms. The third kappa shape index (κ3) is 5.45. The van der Waals surface area contributed by atoms with Gasteiger partial charge in [0.05, 0.1) is 0 Å². The maximum Gasteiger partial charge on any atom is 0.263 e. The predicted molar refractivity (Wildman–Crippen MR) is 82.8 cm³/mol. The lowest BCUT2D eigenvalue weighted by molar-refractivity contribution is -0.137. The van der Waals surface area contributed by atoms with Gasteiger partial charge < -0.3 is 15.5 Å². The number of carbonyl (C=O) groups excluding carboxylic acids is 1. The zero-order valence-corrected chi connectivity index (χ0v) is 12.3. The Morgan fingerprint density at radius 1 is 1.19 bits per heavy atom. The smallest absolute Gasteiger partial charge is 0.263 e. The zero-order valence-electron chi connectivity index (χ0n) is 12.3. The third-order valence-corrected chi connectivity index (χ3v) is 3.59. The molecule has 1 aromatic carbocycles. The molecule has 1 amide bonds. The molecule has 0 aliphatic carbocycles. The first-order valence-corrected chi connectivity index (χ1v) is 7.52. The van der Waals surface area contributed by atoms with Gasteiger partial charge in [-0.1, -0.05) is 35.5 Å². The van der Waals surface area contributed by atoms with Crippen LogP contribution >= 0.6 is 0 Å². The number of hydrogen-bond donors (Lipinski definition) is 1. The number of amidine groups is 1. The topological polar surface area (TPSA) is 67.9 Å². The van der Waals surface area contributed by atoms with Gasteiger partial charge in [0.25, 0.3) is 5.91 Å². The van der Waals surface area contributed by atoms with Crippen molar-refractivity contribution in [1.29, 1.82) is 0 Å². The number of rotatable bonds is 6. The summed E-state index contributed by atoms with van der Waals surface area (Å²) >= 11 is 0. The largest absolute Gasteiger partial charge is 0.384 e. The van der Waals surface area contributed by atoms with E-state index in [4.69, 9.17) is 10.6 Å². The van der Waals surface area contributed by atoms with E-state index in [2.05, 4.69) is 5.16 Å². The first kappa shape index (κ1) is 15.4. The van der Waals surface area contributed by atoms with Crippen LogP contribution < -0.4 is 5.73 Å². The van der Waals surface area contributed by atoms with Crippen LogP contribution in [0.5, 0.6) is 0 Å². The Morgan fingerprint density at radius 2 is 1.90 bits per heavy atom. The standard InChI is InChI=1S/C16H23N3O2/c17-15(10-9-14-7-3-1-4-8-14)18-21-13-16(20)19-11-5-2-6-12-19/h1,3-4,7-8H,2,5-6,9-13H2,(H2,17,18). The van der Waals surface area contributed by atoms with Crippen LogP contribution in [0.2, 0.25) is 0 Å². The van der Waals surface area contributed by atoms with E-state index < -0.39 is 0 Å². The van der Waals surface area contributed by atoms with Crippen LogP contribution in [0.3, 0.4) is 0 Å². The van der Waals surface area contributed by atoms with Crippen molar-refractivity contribution in [3.63, 3.8) is 0 Å². The average molecular weight is 289 g/mol. The molecule has 5 nitrogen and oxygen atoms in total. The van der Waals surface area contributed by atoms with Crippen molar-refractivity contribution in [3.05, 3.63) is 35.9 Å². The van der Waals surface area contributed by atoms with Crippen molar-refractivity contribution in [2.45, 2.75) is 32.1 Å². The number of oxime groups is 1. The molecule has 5 heteroatoms. The number of hydrogen-bond acceptors (Lipinski definition) is 3. The number of likely N-dealkylation sites (tertiary alicyclic amines) is 1. The summed E-state index contributed by atoms with van der Waals surface area (Å²) in [5, 5.41) is 3.82. The average Bonchev–Trinajstić information content (AvgIpc) is 2.54. The minimum Gasteiger partial charge on any atom is -0.384 e. The van der Waals surface area contributed by atoms with E-state index in [0.29, 0.717) is 12.3 Å². The van der Waals surface area contributed by atoms with Crippen molar-refractivity contribution >= 4 is 11.7 Å². The van der Waals surface area contributed by atoms with E-state index in [0.717, 1.165) is 32.4 Å². The monoisotopic (exact) mass is 289 g/mol. The molecular formula is C16H23N3O2. The van der Waals surface area contributed by atoms with Gasteiger partial charge in [-0.05, 0) is 31.2 Å². The molecule has 0 aromatic heterocycles. The van der Waals surface area contributed by atoms with E-state index in [1.807, 2.05) is 35.2 Å². The van der Waals surface area contributed by atoms with Gasteiger partial charge in [0.1, 0.15) is 5.84 Å². The lowest BCUT2D eigenvalue weighted by Crippen LogP contribution is -2.37. The van der Waals surface area contributed by atoms with E-state index in [1.165, 1.54) is 12.0 Å². The summed E-state index contributed by atoms with van der Waals surface area (Å²) in [5.41, 5.74) is 6.99. The summed E-state index contributed by atoms with van der Waals surface area (Å²) in [6, 6.07) is 10.1. The summed E-state index contributed by atoms with van der Waals surface area (Å²) < 4.78 is 0. The number of carbonyl (C=O) groups is 1. The van der Waals surface area contributed by atoms with Gasteiger partial charge in [0.15, 0.2) is 6.61 Å². The second-order valence-electron chi connectivity index (χ2n) is 5.28. The van der Waals surface area contributed by atoms with Crippen molar-refractivity contribution in [2.24, 2.45) is 10.9 Å². The summed E-state index contributed by atoms with van der Waals surface area (Å²) in [7, 11) is 0. The van der Waals surface area contributed by atoms with Gasteiger partial charge in [0, 0.05) is 19.5 Å². The zero-order chi connectivity index (χ0) is 14.9. The number of nitrogens with zero attached hydrogens (tertiary/aromatic N) is 2. The van der Waals surface area contributed by atoms with Crippen LogP contribution in [0.4, 0.5) is 0 Å². The van der Waals surface area contributed by atoms with Gasteiger partial charge >= 0.3 is 0 Å². The molecule has 0 unspecified atom stereocenters. The van der Waals surface area contributed by atoms with Gasteiger partial charge in [-0.3, -0.25) is 4.79 Å². The van der Waals surface area contributed by atoms with Crippen molar-refractivity contribution in [2.75, 3.05) is 19.7 Å². The Kier molecular flexibility index (Phi) is 6.06. The molecule has 1 heterocycles. The maximum absolute atomic E-state index is 11.8. The molecule has 2 N–H and O–H groups in total. The highest BCUT2D eigenvalue weighted by atomic mass is 16.6. The fourth-order valence-corrected chi connectivity index (χ4v) is 2.37. The molecule has 0 bridgehead atoms. The highest BCUT2D eigenvalue weighted by Gasteiger charge is 2.16. The molecule has 1 aliphatic heterocycles. The number of benzene rings is 1. The van der Waals surface area contributed by atoms with Crippen LogP contribution in [0.15, 0.2) is 35.5 Å². The molecule has 0 atom stereocenters. The SMILES string of the molecule is N/C(CCc1ccccc1)=N\OCC(=O)N1CCCCC1. The van der Waals surface area contributed by atoms with Crippen LogP contribution in [0.25, 0.3) is 0 Å². The second kappa shape index (κ2) is 8.29. The van der Waals surface area contributed by atoms with Gasteiger partial charge in [0.2, 0.25) is 0 Å². The Labute approximate surface area is 125 Å². The Balaban J connectivity index is 1.67. The van der Waals surface area contributed by atoms with Crippen molar-refractivity contribution < 1.29 is 9.63 Å². The molecule has 2 rings (SSSR count). The molecule has 114 valence electrons. The Morgan fingerprint density at radius 3 is 2.62 bits per heavy atom. The molecule has 1 aliphatic rings. The molecule has 1 saturated heterocycles. The summed E-state index contributed by atoms with van der Waals surface area (Å²) in [6.07, 6.45) is 4.80. The minimum absolute atomic E-state index is 0.00527. The van der Waals surface area contributed by atoms with Crippen LogP contribution in [-0.4, -0.2) is 36.3 Å². The predicted octanol–water partition coefficient (Wildman–Crippen LogP) is 1.92. The third-order valence-electron chi connectivity index (χ3n) is 3.59. The summed E-state index contributed by atoms with van der Waals surface area (Å²) in [6.45, 7) is 1.64.